The second kappa shape index (κ2) is 7.13. The van der Waals surface area contributed by atoms with E-state index in [9.17, 15) is 4.79 Å². The number of esters is 1. The molecule has 0 radical (unpaired) electrons. The van der Waals surface area contributed by atoms with Gasteiger partial charge in [-0.25, -0.2) is 4.79 Å². The van der Waals surface area contributed by atoms with Crippen molar-refractivity contribution in [1.82, 2.24) is 0 Å². The van der Waals surface area contributed by atoms with Crippen molar-refractivity contribution in [3.05, 3.63) is 37.5 Å². The number of carbonyl (C=O) groups excluding carboxylic acids is 1. The summed E-state index contributed by atoms with van der Waals surface area (Å²) in [5.74, 6) is -0.353. The fraction of sp³-hybridized carbons (Fsp3) is 0.417. The lowest BCUT2D eigenvalue weighted by Crippen LogP contribution is -2.16. The Kier molecular flexibility index (Phi) is 6.46. The van der Waals surface area contributed by atoms with Crippen LogP contribution >= 0.6 is 0 Å². The average Bonchev–Trinajstić information content (AvgIpc) is 2.16. The summed E-state index contributed by atoms with van der Waals surface area (Å²) in [6.45, 7) is 12.4. The van der Waals surface area contributed by atoms with Crippen molar-refractivity contribution in [2.75, 3.05) is 0 Å². The van der Waals surface area contributed by atoms with Crippen molar-refractivity contribution >= 4 is 5.97 Å². The molecule has 0 aromatic rings. The molecule has 2 heteroatoms. The molecule has 0 bridgehead atoms. The Hall–Kier alpha value is -1.31. The van der Waals surface area contributed by atoms with Crippen molar-refractivity contribution < 1.29 is 9.53 Å². The van der Waals surface area contributed by atoms with Gasteiger partial charge in [0.1, 0.15) is 6.10 Å². The van der Waals surface area contributed by atoms with E-state index < -0.39 is 0 Å². The minimum absolute atomic E-state index is 0.209. The predicted octanol–water partition coefficient (Wildman–Crippen LogP) is 3.02. The van der Waals surface area contributed by atoms with Crippen LogP contribution in [0, 0.1) is 0 Å². The van der Waals surface area contributed by atoms with Crippen molar-refractivity contribution in [2.45, 2.75) is 32.3 Å². The maximum Gasteiger partial charge on any atom is 0.333 e. The molecule has 0 amide bonds. The summed E-state index contributed by atoms with van der Waals surface area (Å²) < 4.78 is 5.12. The minimum Gasteiger partial charge on any atom is -0.455 e. The second-order valence-corrected chi connectivity index (χ2v) is 3.18. The van der Waals surface area contributed by atoms with E-state index >= 15 is 0 Å². The van der Waals surface area contributed by atoms with Crippen LogP contribution in [0.3, 0.4) is 0 Å². The van der Waals surface area contributed by atoms with Crippen LogP contribution in [0.25, 0.3) is 0 Å². The Labute approximate surface area is 86.0 Å². The molecule has 78 valence electrons. The van der Waals surface area contributed by atoms with E-state index in [4.69, 9.17) is 4.74 Å². The van der Waals surface area contributed by atoms with Gasteiger partial charge in [0, 0.05) is 5.57 Å². The molecule has 0 aromatic carbocycles. The van der Waals surface area contributed by atoms with Gasteiger partial charge < -0.3 is 4.74 Å². The number of rotatable bonds is 7. The van der Waals surface area contributed by atoms with Crippen molar-refractivity contribution in [3.8, 4) is 0 Å². The predicted molar refractivity (Wildman–Crippen MR) is 58.9 cm³/mol. The third-order valence-corrected chi connectivity index (χ3v) is 1.77. The van der Waals surface area contributed by atoms with Crippen LogP contribution in [0.1, 0.15) is 26.2 Å². The summed E-state index contributed by atoms with van der Waals surface area (Å²) in [6.07, 6.45) is 5.94. The maximum absolute atomic E-state index is 11.2. The molecule has 0 saturated carbocycles. The summed E-state index contributed by atoms with van der Waals surface area (Å²) in [7, 11) is 0. The van der Waals surface area contributed by atoms with Crippen LogP contribution in [0.15, 0.2) is 37.5 Å². The van der Waals surface area contributed by atoms with E-state index in [1.54, 1.807) is 13.0 Å². The highest BCUT2D eigenvalue weighted by molar-refractivity contribution is 5.87. The normalized spacial score (nSPS) is 11.5. The molecule has 0 aliphatic carbocycles. The number of carbonyl (C=O) groups is 1. The first-order valence-corrected chi connectivity index (χ1v) is 4.71. The van der Waals surface area contributed by atoms with Crippen molar-refractivity contribution in [1.29, 1.82) is 0 Å². The Morgan fingerprint density at radius 3 is 2.57 bits per heavy atom. The molecule has 0 rings (SSSR count). The van der Waals surface area contributed by atoms with E-state index in [1.807, 2.05) is 6.08 Å². The molecule has 0 spiro atoms. The van der Waals surface area contributed by atoms with Gasteiger partial charge in [0.25, 0.3) is 0 Å². The molecule has 0 aliphatic rings. The monoisotopic (exact) mass is 194 g/mol. The van der Waals surface area contributed by atoms with E-state index in [2.05, 4.69) is 19.7 Å². The molecular formula is C12H18O2. The number of unbranched alkanes of at least 4 members (excludes halogenated alkanes) is 1. The van der Waals surface area contributed by atoms with Crippen LogP contribution in [-0.2, 0) is 9.53 Å². The smallest absolute Gasteiger partial charge is 0.333 e. The van der Waals surface area contributed by atoms with E-state index in [-0.39, 0.29) is 12.1 Å². The molecule has 0 fully saturated rings. The zero-order valence-corrected chi connectivity index (χ0v) is 8.79. The SMILES string of the molecule is C=CCCCC(C=C)OC(=O)C(=C)C. The lowest BCUT2D eigenvalue weighted by atomic mass is 10.1. The minimum atomic E-state index is -0.353. The summed E-state index contributed by atoms with van der Waals surface area (Å²) >= 11 is 0. The standard InChI is InChI=1S/C12H18O2/c1-5-7-8-9-11(6-2)14-12(13)10(3)4/h5-6,11H,1-3,7-9H2,4H3. The fourth-order valence-electron chi connectivity index (χ4n) is 0.926. The average molecular weight is 194 g/mol. The molecule has 0 aliphatic heterocycles. The Balaban J connectivity index is 3.90. The van der Waals surface area contributed by atoms with E-state index in [0.29, 0.717) is 5.57 Å². The molecule has 14 heavy (non-hydrogen) atoms. The van der Waals surface area contributed by atoms with Gasteiger partial charge in [-0.2, -0.15) is 0 Å². The van der Waals surface area contributed by atoms with E-state index in [1.165, 1.54) is 0 Å². The van der Waals surface area contributed by atoms with Crippen LogP contribution in [0.4, 0.5) is 0 Å². The Bertz CT molecular complexity index is 228. The molecule has 1 atom stereocenters. The third-order valence-electron chi connectivity index (χ3n) is 1.77. The number of allylic oxidation sites excluding steroid dienone is 1. The molecular weight excluding hydrogens is 176 g/mol. The third kappa shape index (κ3) is 5.36. The number of hydrogen-bond acceptors (Lipinski definition) is 2. The molecule has 1 unspecified atom stereocenters. The quantitative estimate of drug-likeness (QED) is 0.269. The van der Waals surface area contributed by atoms with Crippen LogP contribution in [0.5, 0.6) is 0 Å². The zero-order valence-electron chi connectivity index (χ0n) is 8.79. The summed E-state index contributed by atoms with van der Waals surface area (Å²) in [5, 5.41) is 0. The lowest BCUT2D eigenvalue weighted by molar-refractivity contribution is -0.142. The summed E-state index contributed by atoms with van der Waals surface area (Å²) in [6, 6.07) is 0. The molecule has 0 aromatic heterocycles. The highest BCUT2D eigenvalue weighted by Crippen LogP contribution is 2.08. The van der Waals surface area contributed by atoms with Gasteiger partial charge in [-0.3, -0.25) is 0 Å². The van der Waals surface area contributed by atoms with Gasteiger partial charge >= 0.3 is 5.97 Å². The number of hydrogen-bond donors (Lipinski definition) is 0. The van der Waals surface area contributed by atoms with Gasteiger partial charge in [0.05, 0.1) is 0 Å². The van der Waals surface area contributed by atoms with Gasteiger partial charge in [0.15, 0.2) is 0 Å². The summed E-state index contributed by atoms with van der Waals surface area (Å²) in [4.78, 5) is 11.2. The van der Waals surface area contributed by atoms with Crippen LogP contribution < -0.4 is 0 Å². The van der Waals surface area contributed by atoms with Gasteiger partial charge in [-0.1, -0.05) is 25.3 Å². The summed E-state index contributed by atoms with van der Waals surface area (Å²) in [5.41, 5.74) is 0.417. The lowest BCUT2D eigenvalue weighted by Gasteiger charge is -2.13. The molecule has 0 saturated heterocycles. The second-order valence-electron chi connectivity index (χ2n) is 3.18. The largest absolute Gasteiger partial charge is 0.455 e. The van der Waals surface area contributed by atoms with Crippen molar-refractivity contribution in [3.63, 3.8) is 0 Å². The zero-order chi connectivity index (χ0) is 11.0. The Morgan fingerprint density at radius 2 is 2.14 bits per heavy atom. The number of ether oxygens (including phenoxy) is 1. The molecule has 2 nitrogen and oxygen atoms in total. The first-order chi connectivity index (χ1) is 6.61. The maximum atomic E-state index is 11.2. The van der Waals surface area contributed by atoms with Crippen LogP contribution in [-0.4, -0.2) is 12.1 Å². The van der Waals surface area contributed by atoms with Gasteiger partial charge in [-0.05, 0) is 26.2 Å². The Morgan fingerprint density at radius 1 is 1.50 bits per heavy atom. The highest BCUT2D eigenvalue weighted by atomic mass is 16.5. The van der Waals surface area contributed by atoms with Gasteiger partial charge in [-0.15, -0.1) is 6.58 Å². The first-order valence-electron chi connectivity index (χ1n) is 4.71. The topological polar surface area (TPSA) is 26.3 Å². The van der Waals surface area contributed by atoms with E-state index in [0.717, 1.165) is 19.3 Å². The highest BCUT2D eigenvalue weighted by Gasteiger charge is 2.10. The molecule has 0 heterocycles. The first kappa shape index (κ1) is 12.7. The van der Waals surface area contributed by atoms with Crippen molar-refractivity contribution in [2.24, 2.45) is 0 Å². The molecule has 0 N–H and O–H groups in total. The van der Waals surface area contributed by atoms with Gasteiger partial charge in [0.2, 0.25) is 0 Å². The fourth-order valence-corrected chi connectivity index (χ4v) is 0.926. The van der Waals surface area contributed by atoms with Crippen LogP contribution in [0.2, 0.25) is 0 Å².